The van der Waals surface area contributed by atoms with Crippen molar-refractivity contribution < 1.29 is 42.9 Å². The summed E-state index contributed by atoms with van der Waals surface area (Å²) in [6, 6.07) is 28.0. The summed E-state index contributed by atoms with van der Waals surface area (Å²) in [5.41, 5.74) is 4.53. The van der Waals surface area contributed by atoms with Gasteiger partial charge >= 0.3 is 6.09 Å². The van der Waals surface area contributed by atoms with Gasteiger partial charge in [0.2, 0.25) is 11.9 Å². The van der Waals surface area contributed by atoms with E-state index < -0.39 is 36.0 Å². The summed E-state index contributed by atoms with van der Waals surface area (Å²) < 4.78 is 28.3. The van der Waals surface area contributed by atoms with Gasteiger partial charge in [-0.05, 0) is 42.5 Å². The summed E-state index contributed by atoms with van der Waals surface area (Å²) in [5, 5.41) is 9.73. The van der Waals surface area contributed by atoms with Crippen LogP contribution in [0.3, 0.4) is 0 Å². The Hall–Kier alpha value is -4.61. The van der Waals surface area contributed by atoms with E-state index in [1.165, 1.54) is 7.11 Å². The van der Waals surface area contributed by atoms with Gasteiger partial charge in [-0.15, -0.1) is 0 Å². The molecule has 10 heteroatoms. The SMILES string of the molecule is COC(C(=O)c1cc(-c2cccc(C)c2)c(CCCOCC(CO)OCc2ccccc2)o1)C(=O)N1C(=O)OCC1Cc1ccccc1. The minimum absolute atomic E-state index is 0.0206. The maximum Gasteiger partial charge on any atom is 0.417 e. The number of cyclic esters (lactones) is 1. The van der Waals surface area contributed by atoms with Crippen LogP contribution in [0.2, 0.25) is 0 Å². The van der Waals surface area contributed by atoms with Crippen LogP contribution in [0.4, 0.5) is 4.79 Å². The third-order valence-electron chi connectivity index (χ3n) is 8.12. The summed E-state index contributed by atoms with van der Waals surface area (Å²) in [5.74, 6) is -0.999. The fourth-order valence-electron chi connectivity index (χ4n) is 5.63. The van der Waals surface area contributed by atoms with E-state index in [0.29, 0.717) is 43.8 Å². The normalized spacial score (nSPS) is 15.7. The standard InChI is InChI=1S/C38H41NO9/c1-26-11-9-16-29(19-26)32-21-34(48-33(32)17-10-18-45-25-31(22-40)46-23-28-14-7-4-8-15-28)35(41)36(44-2)37(42)39-30(24-47-38(39)43)20-27-12-5-3-6-13-27/h3-9,11-16,19,21,30-31,36,40H,10,17-18,20,22-25H2,1-2H3. The van der Waals surface area contributed by atoms with Crippen LogP contribution in [0.15, 0.2) is 95.4 Å². The lowest BCUT2D eigenvalue weighted by atomic mass is 10.0. The molecule has 1 aromatic heterocycles. The van der Waals surface area contributed by atoms with Gasteiger partial charge in [-0.1, -0.05) is 90.5 Å². The highest BCUT2D eigenvalue weighted by Gasteiger charge is 2.44. The van der Waals surface area contributed by atoms with E-state index in [9.17, 15) is 19.5 Å². The van der Waals surface area contributed by atoms with Gasteiger partial charge in [-0.3, -0.25) is 9.59 Å². The van der Waals surface area contributed by atoms with E-state index >= 15 is 0 Å². The third kappa shape index (κ3) is 8.84. The first-order valence-corrected chi connectivity index (χ1v) is 16.0. The van der Waals surface area contributed by atoms with E-state index in [1.807, 2.05) is 91.9 Å². The highest BCUT2D eigenvalue weighted by atomic mass is 16.6. The number of amides is 2. The van der Waals surface area contributed by atoms with Crippen molar-refractivity contribution >= 4 is 17.8 Å². The Bertz CT molecular complexity index is 1650. The Labute approximate surface area is 280 Å². The zero-order chi connectivity index (χ0) is 33.9. The summed E-state index contributed by atoms with van der Waals surface area (Å²) in [7, 11) is 1.25. The van der Waals surface area contributed by atoms with E-state index in [2.05, 4.69) is 0 Å². The average Bonchev–Trinajstić information content (AvgIpc) is 3.70. The van der Waals surface area contributed by atoms with Gasteiger partial charge in [0.1, 0.15) is 18.5 Å². The van der Waals surface area contributed by atoms with Crippen LogP contribution >= 0.6 is 0 Å². The smallest absolute Gasteiger partial charge is 0.417 e. The highest BCUT2D eigenvalue weighted by molar-refractivity contribution is 6.14. The minimum Gasteiger partial charge on any atom is -0.457 e. The fourth-order valence-corrected chi connectivity index (χ4v) is 5.63. The summed E-state index contributed by atoms with van der Waals surface area (Å²) in [4.78, 5) is 41.1. The fraction of sp³-hybridized carbons (Fsp3) is 0.342. The first kappa shape index (κ1) is 34.7. The summed E-state index contributed by atoms with van der Waals surface area (Å²) >= 11 is 0. The molecule has 3 aromatic carbocycles. The van der Waals surface area contributed by atoms with Crippen molar-refractivity contribution in [1.29, 1.82) is 0 Å². The summed E-state index contributed by atoms with van der Waals surface area (Å²) in [6.07, 6.45) is -1.51. The number of benzene rings is 3. The van der Waals surface area contributed by atoms with E-state index in [4.69, 9.17) is 23.4 Å². The number of aliphatic hydroxyl groups is 1. The predicted octanol–water partition coefficient (Wildman–Crippen LogP) is 5.57. The van der Waals surface area contributed by atoms with Gasteiger partial charge in [0.15, 0.2) is 5.76 Å². The Kier molecular flexibility index (Phi) is 12.3. The molecule has 2 heterocycles. The number of methoxy groups -OCH3 is 1. The van der Waals surface area contributed by atoms with Crippen LogP contribution in [0.25, 0.3) is 11.1 Å². The molecular weight excluding hydrogens is 614 g/mol. The first-order valence-electron chi connectivity index (χ1n) is 16.0. The Morgan fingerprint density at radius 3 is 2.40 bits per heavy atom. The van der Waals surface area contributed by atoms with Crippen LogP contribution in [0.1, 0.15) is 39.4 Å². The molecule has 2 amide bonds. The van der Waals surface area contributed by atoms with Gasteiger partial charge in [0, 0.05) is 25.7 Å². The Balaban J connectivity index is 1.26. The number of ether oxygens (including phenoxy) is 4. The first-order chi connectivity index (χ1) is 23.4. The predicted molar refractivity (Wildman–Crippen MR) is 177 cm³/mol. The molecule has 1 aliphatic heterocycles. The molecule has 10 nitrogen and oxygen atoms in total. The molecule has 1 aliphatic rings. The Morgan fingerprint density at radius 1 is 0.979 bits per heavy atom. The van der Waals surface area contributed by atoms with Crippen molar-refractivity contribution in [1.82, 2.24) is 4.90 Å². The largest absolute Gasteiger partial charge is 0.457 e. The van der Waals surface area contributed by atoms with Crippen LogP contribution in [0.5, 0.6) is 0 Å². The van der Waals surface area contributed by atoms with Crippen LogP contribution in [-0.4, -0.2) is 79.6 Å². The molecule has 1 fully saturated rings. The van der Waals surface area contributed by atoms with Crippen LogP contribution in [0, 0.1) is 6.92 Å². The van der Waals surface area contributed by atoms with Crippen molar-refractivity contribution in [3.8, 4) is 11.1 Å². The maximum atomic E-state index is 13.8. The lowest BCUT2D eigenvalue weighted by molar-refractivity contribution is -0.137. The van der Waals surface area contributed by atoms with Gasteiger partial charge < -0.3 is 28.5 Å². The molecule has 252 valence electrons. The topological polar surface area (TPSA) is 125 Å². The number of Topliss-reactive ketones (excluding diaryl/α,β-unsaturated/α-hetero) is 1. The molecular formula is C38H41NO9. The van der Waals surface area contributed by atoms with Gasteiger partial charge in [-0.25, -0.2) is 9.69 Å². The highest BCUT2D eigenvalue weighted by Crippen LogP contribution is 2.31. The number of hydrogen-bond acceptors (Lipinski definition) is 9. The number of nitrogens with zero attached hydrogens (tertiary/aromatic N) is 1. The quantitative estimate of drug-likeness (QED) is 0.0883. The van der Waals surface area contributed by atoms with E-state index in [-0.39, 0.29) is 25.6 Å². The van der Waals surface area contributed by atoms with Crippen molar-refractivity contribution in [3.05, 3.63) is 119 Å². The second-order valence-electron chi connectivity index (χ2n) is 11.7. The van der Waals surface area contributed by atoms with Crippen molar-refractivity contribution in [2.45, 2.75) is 51.0 Å². The van der Waals surface area contributed by atoms with Crippen molar-refractivity contribution in [3.63, 3.8) is 0 Å². The number of aryl methyl sites for hydroxylation is 2. The van der Waals surface area contributed by atoms with Gasteiger partial charge in [0.25, 0.3) is 5.91 Å². The molecule has 0 bridgehead atoms. The molecule has 0 aliphatic carbocycles. The lowest BCUT2D eigenvalue weighted by Crippen LogP contribution is -2.48. The number of furan rings is 1. The molecule has 1 N–H and O–H groups in total. The zero-order valence-electron chi connectivity index (χ0n) is 27.2. The van der Waals surface area contributed by atoms with Crippen molar-refractivity contribution in [2.24, 2.45) is 0 Å². The number of carbonyl (C=O) groups excluding carboxylic acids is 3. The number of carbonyl (C=O) groups is 3. The molecule has 0 saturated carbocycles. The van der Waals surface area contributed by atoms with Crippen LogP contribution < -0.4 is 0 Å². The van der Waals surface area contributed by atoms with Crippen molar-refractivity contribution in [2.75, 3.05) is 33.5 Å². The third-order valence-corrected chi connectivity index (χ3v) is 8.12. The average molecular weight is 656 g/mol. The van der Waals surface area contributed by atoms with E-state index in [0.717, 1.165) is 27.2 Å². The minimum atomic E-state index is -1.60. The molecule has 48 heavy (non-hydrogen) atoms. The van der Waals surface area contributed by atoms with E-state index in [1.54, 1.807) is 6.07 Å². The number of hydrogen-bond donors (Lipinski definition) is 1. The monoisotopic (exact) mass is 655 g/mol. The molecule has 3 atom stereocenters. The molecule has 4 aromatic rings. The second kappa shape index (κ2) is 17.0. The van der Waals surface area contributed by atoms with Crippen LogP contribution in [-0.2, 0) is 43.2 Å². The number of ketones is 1. The van der Waals surface area contributed by atoms with Gasteiger partial charge in [0.05, 0.1) is 25.9 Å². The van der Waals surface area contributed by atoms with Gasteiger partial charge in [-0.2, -0.15) is 0 Å². The maximum absolute atomic E-state index is 13.8. The molecule has 3 unspecified atom stereocenters. The number of imide groups is 1. The molecule has 1 saturated heterocycles. The number of aliphatic hydroxyl groups excluding tert-OH is 1. The lowest BCUT2D eigenvalue weighted by Gasteiger charge is -2.23. The Morgan fingerprint density at radius 2 is 1.71 bits per heavy atom. The second-order valence-corrected chi connectivity index (χ2v) is 11.7. The molecule has 0 spiro atoms. The summed E-state index contributed by atoms with van der Waals surface area (Å²) in [6.45, 7) is 2.78. The molecule has 5 rings (SSSR count). The number of rotatable bonds is 17. The zero-order valence-corrected chi connectivity index (χ0v) is 27.2. The molecule has 0 radical (unpaired) electrons.